The van der Waals surface area contributed by atoms with E-state index in [4.69, 9.17) is 4.74 Å². The molecule has 1 amide bonds. The van der Waals surface area contributed by atoms with Crippen molar-refractivity contribution in [3.8, 4) is 5.82 Å². The van der Waals surface area contributed by atoms with Crippen LogP contribution in [-0.4, -0.2) is 54.0 Å². The first-order valence-electron chi connectivity index (χ1n) is 8.17. The van der Waals surface area contributed by atoms with Gasteiger partial charge in [0.25, 0.3) is 5.91 Å². The molecule has 7 nitrogen and oxygen atoms in total. The normalized spacial score (nSPS) is 15.4. The molecule has 1 saturated heterocycles. The minimum atomic E-state index is -0.169. The molecule has 0 spiro atoms. The van der Waals surface area contributed by atoms with Crippen LogP contribution in [0.4, 0.5) is 0 Å². The lowest BCUT2D eigenvalue weighted by Crippen LogP contribution is -2.47. The number of hydrogen-bond donors (Lipinski definition) is 2. The van der Waals surface area contributed by atoms with Gasteiger partial charge in [-0.25, -0.2) is 9.67 Å². The molecule has 2 aromatic rings. The Balaban J connectivity index is 0.00000169. The number of amides is 1. The minimum absolute atomic E-state index is 0. The maximum Gasteiger partial charge on any atom is 0.269 e. The number of methoxy groups -OCH3 is 1. The van der Waals surface area contributed by atoms with Crippen molar-refractivity contribution in [2.24, 2.45) is 5.41 Å². The Bertz CT molecular complexity index is 670. The Kier molecular flexibility index (Phi) is 9.01. The highest BCUT2D eigenvalue weighted by Gasteiger charge is 2.32. The van der Waals surface area contributed by atoms with Crippen molar-refractivity contribution in [3.63, 3.8) is 0 Å². The minimum Gasteiger partial charge on any atom is -0.384 e. The number of carbonyl (C=O) groups excluding carboxylic acids is 1. The van der Waals surface area contributed by atoms with E-state index in [1.54, 1.807) is 30.3 Å². The van der Waals surface area contributed by atoms with E-state index in [0.717, 1.165) is 25.9 Å². The average Bonchev–Trinajstić information content (AvgIpc) is 3.16. The highest BCUT2D eigenvalue weighted by molar-refractivity contribution is 5.92. The first-order valence-corrected chi connectivity index (χ1v) is 8.17. The van der Waals surface area contributed by atoms with Crippen LogP contribution in [0.3, 0.4) is 0 Å². The van der Waals surface area contributed by atoms with Crippen molar-refractivity contribution < 1.29 is 9.53 Å². The molecule has 0 saturated carbocycles. The van der Waals surface area contributed by atoms with E-state index in [2.05, 4.69) is 20.7 Å². The first kappa shape index (κ1) is 22.4. The molecule has 0 aliphatic carbocycles. The van der Waals surface area contributed by atoms with Gasteiger partial charge in [-0.3, -0.25) is 4.79 Å². The monoisotopic (exact) mass is 401 g/mol. The predicted octanol–water partition coefficient (Wildman–Crippen LogP) is 1.86. The molecule has 3 rings (SSSR count). The van der Waals surface area contributed by atoms with Crippen LogP contribution in [0.25, 0.3) is 5.82 Å². The van der Waals surface area contributed by atoms with Crippen LogP contribution in [0.1, 0.15) is 23.3 Å². The van der Waals surface area contributed by atoms with Gasteiger partial charge in [-0.15, -0.1) is 24.8 Å². The van der Waals surface area contributed by atoms with Gasteiger partial charge in [0, 0.05) is 31.5 Å². The largest absolute Gasteiger partial charge is 0.384 e. The molecule has 2 aromatic heterocycles. The fraction of sp³-hybridized carbons (Fsp3) is 0.471. The van der Waals surface area contributed by atoms with Gasteiger partial charge in [-0.1, -0.05) is 6.07 Å². The second-order valence-corrected chi connectivity index (χ2v) is 6.20. The number of carbonyl (C=O) groups is 1. The van der Waals surface area contributed by atoms with Crippen LogP contribution in [0.2, 0.25) is 0 Å². The Labute approximate surface area is 165 Å². The topological polar surface area (TPSA) is 81.1 Å². The van der Waals surface area contributed by atoms with Gasteiger partial charge >= 0.3 is 0 Å². The summed E-state index contributed by atoms with van der Waals surface area (Å²) in [6.45, 7) is 3.14. The molecule has 144 valence electrons. The van der Waals surface area contributed by atoms with Crippen LogP contribution in [0.5, 0.6) is 0 Å². The summed E-state index contributed by atoms with van der Waals surface area (Å²) in [7, 11) is 1.71. The molecule has 0 bridgehead atoms. The number of aromatic nitrogens is 3. The van der Waals surface area contributed by atoms with Gasteiger partial charge in [-0.05, 0) is 44.1 Å². The number of pyridine rings is 1. The van der Waals surface area contributed by atoms with Gasteiger partial charge < -0.3 is 15.4 Å². The Morgan fingerprint density at radius 2 is 2.08 bits per heavy atom. The summed E-state index contributed by atoms with van der Waals surface area (Å²) in [5.74, 6) is 0.458. The summed E-state index contributed by atoms with van der Waals surface area (Å²) in [5, 5.41) is 10.5. The summed E-state index contributed by atoms with van der Waals surface area (Å²) >= 11 is 0. The number of rotatable bonds is 6. The van der Waals surface area contributed by atoms with E-state index in [9.17, 15) is 4.79 Å². The van der Waals surface area contributed by atoms with Crippen LogP contribution in [-0.2, 0) is 4.74 Å². The van der Waals surface area contributed by atoms with Crippen LogP contribution in [0, 0.1) is 5.41 Å². The summed E-state index contributed by atoms with van der Waals surface area (Å²) in [6.07, 6.45) is 5.45. The molecule has 3 heterocycles. The number of ether oxygens (including phenoxy) is 1. The van der Waals surface area contributed by atoms with Crippen LogP contribution in [0.15, 0.2) is 36.7 Å². The summed E-state index contributed by atoms with van der Waals surface area (Å²) in [5.41, 5.74) is 0.388. The van der Waals surface area contributed by atoms with Gasteiger partial charge in [0.2, 0.25) is 0 Å². The third-order valence-electron chi connectivity index (χ3n) is 4.44. The lowest BCUT2D eigenvalue weighted by Gasteiger charge is -2.37. The highest BCUT2D eigenvalue weighted by atomic mass is 35.5. The molecule has 9 heteroatoms. The molecule has 2 N–H and O–H groups in total. The fourth-order valence-electron chi connectivity index (χ4n) is 3.08. The molecule has 0 aromatic carbocycles. The van der Waals surface area contributed by atoms with Crippen LogP contribution < -0.4 is 10.6 Å². The van der Waals surface area contributed by atoms with Crippen molar-refractivity contribution >= 4 is 30.7 Å². The second kappa shape index (κ2) is 10.5. The Hall–Kier alpha value is -1.67. The quantitative estimate of drug-likeness (QED) is 0.771. The first-order chi connectivity index (χ1) is 11.7. The summed E-state index contributed by atoms with van der Waals surface area (Å²) in [6, 6.07) is 7.17. The van der Waals surface area contributed by atoms with Gasteiger partial charge in [-0.2, -0.15) is 5.10 Å². The highest BCUT2D eigenvalue weighted by Crippen LogP contribution is 2.28. The maximum absolute atomic E-state index is 12.5. The van der Waals surface area contributed by atoms with E-state index < -0.39 is 0 Å². The molecule has 0 unspecified atom stereocenters. The van der Waals surface area contributed by atoms with E-state index in [1.165, 1.54) is 0 Å². The van der Waals surface area contributed by atoms with Crippen molar-refractivity contribution in [1.29, 1.82) is 0 Å². The lowest BCUT2D eigenvalue weighted by atomic mass is 9.79. The Morgan fingerprint density at radius 1 is 1.31 bits per heavy atom. The molecule has 1 fully saturated rings. The van der Waals surface area contributed by atoms with E-state index >= 15 is 0 Å². The summed E-state index contributed by atoms with van der Waals surface area (Å²) < 4.78 is 7.02. The van der Waals surface area contributed by atoms with E-state index in [1.807, 2.05) is 18.2 Å². The van der Waals surface area contributed by atoms with Crippen molar-refractivity contribution in [2.45, 2.75) is 12.8 Å². The van der Waals surface area contributed by atoms with Crippen molar-refractivity contribution in [1.82, 2.24) is 25.4 Å². The van der Waals surface area contributed by atoms with Gasteiger partial charge in [0.05, 0.1) is 6.61 Å². The Morgan fingerprint density at radius 3 is 2.73 bits per heavy atom. The smallest absolute Gasteiger partial charge is 0.269 e. The van der Waals surface area contributed by atoms with E-state index in [-0.39, 0.29) is 36.1 Å². The average molecular weight is 402 g/mol. The predicted molar refractivity (Wildman–Crippen MR) is 105 cm³/mol. The van der Waals surface area contributed by atoms with Crippen molar-refractivity contribution in [2.75, 3.05) is 33.4 Å². The maximum atomic E-state index is 12.5. The lowest BCUT2D eigenvalue weighted by molar-refractivity contribution is 0.0510. The molecule has 26 heavy (non-hydrogen) atoms. The zero-order valence-electron chi connectivity index (χ0n) is 14.7. The number of piperidine rings is 1. The number of nitrogens with one attached hydrogen (secondary N) is 2. The van der Waals surface area contributed by atoms with Gasteiger partial charge in [0.1, 0.15) is 5.69 Å². The molecule has 0 atom stereocenters. The van der Waals surface area contributed by atoms with Crippen molar-refractivity contribution in [3.05, 3.63) is 42.4 Å². The third-order valence-corrected chi connectivity index (χ3v) is 4.44. The standard InChI is InChI=1S/C17H23N5O2.2ClH/c1-24-13-17(6-9-18-10-7-17)12-19-16(23)14-4-2-5-15(21-14)22-11-3-8-20-22;;/h2-5,8,11,18H,6-7,9-10,12-13H2,1H3,(H,19,23);2*1H. The number of halogens is 2. The third kappa shape index (κ3) is 5.41. The van der Waals surface area contributed by atoms with Crippen LogP contribution >= 0.6 is 24.8 Å². The second-order valence-electron chi connectivity index (χ2n) is 6.20. The molecule has 1 aliphatic heterocycles. The summed E-state index contributed by atoms with van der Waals surface area (Å²) in [4.78, 5) is 16.9. The number of hydrogen-bond acceptors (Lipinski definition) is 5. The molecular weight excluding hydrogens is 377 g/mol. The molecular formula is C17H25Cl2N5O2. The zero-order chi connectivity index (χ0) is 16.8. The number of nitrogens with zero attached hydrogens (tertiary/aromatic N) is 3. The molecule has 1 aliphatic rings. The molecule has 0 radical (unpaired) electrons. The van der Waals surface area contributed by atoms with Gasteiger partial charge in [0.15, 0.2) is 5.82 Å². The zero-order valence-corrected chi connectivity index (χ0v) is 16.3. The fourth-order valence-corrected chi connectivity index (χ4v) is 3.08. The van der Waals surface area contributed by atoms with E-state index in [0.29, 0.717) is 24.7 Å². The SMILES string of the molecule is COCC1(CNC(=O)c2cccc(-n3cccn3)n2)CCNCC1.Cl.Cl.